The number of nitrogens with one attached hydrogen (secondary N) is 1. The number of anilines is 1. The Bertz CT molecular complexity index is 696. The molecule has 0 bridgehead atoms. The summed E-state index contributed by atoms with van der Waals surface area (Å²) in [5.74, 6) is 1.45. The molecule has 0 unspecified atom stereocenters. The Balaban J connectivity index is 1.36. The average Bonchev–Trinajstić information content (AvgIpc) is 3.52. The van der Waals surface area contributed by atoms with Crippen molar-refractivity contribution in [3.05, 3.63) is 54.5 Å². The van der Waals surface area contributed by atoms with Crippen LogP contribution in [-0.4, -0.2) is 47.1 Å². The van der Waals surface area contributed by atoms with Crippen LogP contribution in [-0.2, 0) is 0 Å². The first kappa shape index (κ1) is 15.9. The highest BCUT2D eigenvalue weighted by Crippen LogP contribution is 2.41. The number of urea groups is 1. The van der Waals surface area contributed by atoms with Gasteiger partial charge in [0.1, 0.15) is 5.82 Å². The molecule has 1 saturated carbocycles. The lowest BCUT2D eigenvalue weighted by atomic mass is 10.0. The Labute approximate surface area is 147 Å². The van der Waals surface area contributed by atoms with Crippen molar-refractivity contribution in [3.8, 4) is 0 Å². The van der Waals surface area contributed by atoms with Crippen LogP contribution in [0.4, 0.5) is 10.6 Å². The zero-order valence-corrected chi connectivity index (χ0v) is 14.2. The van der Waals surface area contributed by atoms with Gasteiger partial charge in [-0.1, -0.05) is 30.3 Å². The van der Waals surface area contributed by atoms with Crippen molar-refractivity contribution >= 4 is 11.8 Å². The summed E-state index contributed by atoms with van der Waals surface area (Å²) in [6.45, 7) is 2.97. The molecule has 1 atom stereocenters. The summed E-state index contributed by atoms with van der Waals surface area (Å²) in [4.78, 5) is 25.3. The summed E-state index contributed by atoms with van der Waals surface area (Å²) < 4.78 is 0. The number of carbonyl (C=O) groups excluding carboxylic acids is 1. The molecule has 0 spiro atoms. The summed E-state index contributed by atoms with van der Waals surface area (Å²) >= 11 is 0. The standard InChI is InChI=1S/C19H23N5O/c25-19(22-18(16-6-7-16)15-4-2-1-3-5-15)24-12-10-23(11-13-24)17-14-20-8-9-21-17/h1-5,8-9,14,16,18H,6-7,10-13H2,(H,22,25)/t18-/m1/s1. The number of hydrogen-bond acceptors (Lipinski definition) is 4. The van der Waals surface area contributed by atoms with Crippen molar-refractivity contribution in [1.82, 2.24) is 20.2 Å². The predicted molar refractivity (Wildman–Crippen MR) is 96.3 cm³/mol. The highest BCUT2D eigenvalue weighted by Gasteiger charge is 2.34. The predicted octanol–water partition coefficient (Wildman–Crippen LogP) is 2.46. The van der Waals surface area contributed by atoms with E-state index in [0.717, 1.165) is 18.9 Å². The lowest BCUT2D eigenvalue weighted by molar-refractivity contribution is 0.188. The fraction of sp³-hybridized carbons (Fsp3) is 0.421. The third-order valence-electron chi connectivity index (χ3n) is 4.97. The fourth-order valence-electron chi connectivity index (χ4n) is 3.38. The highest BCUT2D eigenvalue weighted by molar-refractivity contribution is 5.75. The molecule has 4 rings (SSSR count). The molecule has 1 N–H and O–H groups in total. The number of nitrogens with zero attached hydrogens (tertiary/aromatic N) is 4. The Morgan fingerprint density at radius 3 is 2.48 bits per heavy atom. The topological polar surface area (TPSA) is 61.4 Å². The van der Waals surface area contributed by atoms with Gasteiger partial charge < -0.3 is 15.1 Å². The first-order valence-electron chi connectivity index (χ1n) is 8.92. The van der Waals surface area contributed by atoms with Crippen molar-refractivity contribution in [2.24, 2.45) is 5.92 Å². The average molecular weight is 337 g/mol. The Morgan fingerprint density at radius 1 is 1.08 bits per heavy atom. The monoisotopic (exact) mass is 337 g/mol. The maximum Gasteiger partial charge on any atom is 0.318 e. The smallest absolute Gasteiger partial charge is 0.318 e. The Hall–Kier alpha value is -2.63. The molecule has 1 saturated heterocycles. The van der Waals surface area contributed by atoms with E-state index in [0.29, 0.717) is 19.0 Å². The summed E-state index contributed by atoms with van der Waals surface area (Å²) in [6, 6.07) is 10.5. The van der Waals surface area contributed by atoms with E-state index >= 15 is 0 Å². The summed E-state index contributed by atoms with van der Waals surface area (Å²) in [7, 11) is 0. The van der Waals surface area contributed by atoms with Crippen LogP contribution in [0.15, 0.2) is 48.9 Å². The number of benzene rings is 1. The van der Waals surface area contributed by atoms with Gasteiger partial charge in [-0.15, -0.1) is 0 Å². The molecule has 1 aliphatic carbocycles. The van der Waals surface area contributed by atoms with Crippen LogP contribution in [0, 0.1) is 5.92 Å². The Morgan fingerprint density at radius 2 is 1.84 bits per heavy atom. The van der Waals surface area contributed by atoms with E-state index in [1.165, 1.54) is 18.4 Å². The molecule has 1 aromatic carbocycles. The van der Waals surface area contributed by atoms with Crippen LogP contribution in [0.25, 0.3) is 0 Å². The van der Waals surface area contributed by atoms with E-state index in [1.807, 2.05) is 23.1 Å². The van der Waals surface area contributed by atoms with Crippen LogP contribution in [0.5, 0.6) is 0 Å². The molecule has 130 valence electrons. The van der Waals surface area contributed by atoms with Gasteiger partial charge in [-0.05, 0) is 24.3 Å². The normalized spacial score (nSPS) is 18.7. The van der Waals surface area contributed by atoms with Crippen molar-refractivity contribution < 1.29 is 4.79 Å². The number of amides is 2. The number of aromatic nitrogens is 2. The Kier molecular flexibility index (Phi) is 4.50. The molecule has 2 fully saturated rings. The van der Waals surface area contributed by atoms with Gasteiger partial charge in [0.25, 0.3) is 0 Å². The van der Waals surface area contributed by atoms with Crippen LogP contribution >= 0.6 is 0 Å². The maximum atomic E-state index is 12.7. The lowest BCUT2D eigenvalue weighted by Gasteiger charge is -2.36. The molecule has 2 aliphatic rings. The molecular weight excluding hydrogens is 314 g/mol. The molecule has 6 nitrogen and oxygen atoms in total. The molecule has 2 heterocycles. The minimum atomic E-state index is 0.0412. The van der Waals surface area contributed by atoms with Crippen LogP contribution in [0.3, 0.4) is 0 Å². The molecule has 2 aromatic rings. The molecule has 1 aliphatic heterocycles. The van der Waals surface area contributed by atoms with Gasteiger partial charge in [0, 0.05) is 38.6 Å². The highest BCUT2D eigenvalue weighted by atomic mass is 16.2. The second kappa shape index (κ2) is 7.09. The SMILES string of the molecule is O=C(N[C@H](c1ccccc1)C1CC1)N1CCN(c2cnccn2)CC1. The van der Waals surface area contributed by atoms with Crippen molar-refractivity contribution in [2.45, 2.75) is 18.9 Å². The van der Waals surface area contributed by atoms with Gasteiger partial charge in [-0.2, -0.15) is 0 Å². The molecule has 1 aromatic heterocycles. The molecule has 25 heavy (non-hydrogen) atoms. The lowest BCUT2D eigenvalue weighted by Crippen LogP contribution is -2.52. The zero-order chi connectivity index (χ0) is 17.1. The van der Waals surface area contributed by atoms with Gasteiger partial charge >= 0.3 is 6.03 Å². The van der Waals surface area contributed by atoms with Gasteiger partial charge in [0.2, 0.25) is 0 Å². The second-order valence-electron chi connectivity index (χ2n) is 6.71. The van der Waals surface area contributed by atoms with Crippen molar-refractivity contribution in [1.29, 1.82) is 0 Å². The number of piperazine rings is 1. The first-order valence-corrected chi connectivity index (χ1v) is 8.92. The number of hydrogen-bond donors (Lipinski definition) is 1. The van der Waals surface area contributed by atoms with E-state index in [9.17, 15) is 4.79 Å². The third-order valence-corrected chi connectivity index (χ3v) is 4.97. The van der Waals surface area contributed by atoms with Gasteiger partial charge in [0.05, 0.1) is 12.2 Å². The van der Waals surface area contributed by atoms with E-state index < -0.39 is 0 Å². The van der Waals surface area contributed by atoms with Crippen LogP contribution in [0.1, 0.15) is 24.4 Å². The third kappa shape index (κ3) is 3.73. The van der Waals surface area contributed by atoms with Crippen LogP contribution < -0.4 is 10.2 Å². The quantitative estimate of drug-likeness (QED) is 0.931. The fourth-order valence-corrected chi connectivity index (χ4v) is 3.38. The van der Waals surface area contributed by atoms with Crippen molar-refractivity contribution in [3.63, 3.8) is 0 Å². The molecule has 2 amide bonds. The van der Waals surface area contributed by atoms with E-state index in [4.69, 9.17) is 0 Å². The number of rotatable bonds is 4. The van der Waals surface area contributed by atoms with Crippen molar-refractivity contribution in [2.75, 3.05) is 31.1 Å². The minimum Gasteiger partial charge on any atom is -0.352 e. The summed E-state index contributed by atoms with van der Waals surface area (Å²) in [6.07, 6.45) is 7.54. The largest absolute Gasteiger partial charge is 0.352 e. The van der Waals surface area contributed by atoms with Gasteiger partial charge in [-0.3, -0.25) is 4.98 Å². The van der Waals surface area contributed by atoms with E-state index in [1.54, 1.807) is 18.6 Å². The molecular formula is C19H23N5O. The minimum absolute atomic E-state index is 0.0412. The van der Waals surface area contributed by atoms with E-state index in [2.05, 4.69) is 32.3 Å². The summed E-state index contributed by atoms with van der Waals surface area (Å²) in [5.41, 5.74) is 1.21. The summed E-state index contributed by atoms with van der Waals surface area (Å²) in [5, 5.41) is 3.26. The van der Waals surface area contributed by atoms with E-state index in [-0.39, 0.29) is 12.1 Å². The maximum absolute atomic E-state index is 12.7. The molecule has 6 heteroatoms. The number of carbonyl (C=O) groups is 1. The second-order valence-corrected chi connectivity index (χ2v) is 6.71. The first-order chi connectivity index (χ1) is 12.3. The van der Waals surface area contributed by atoms with Gasteiger partial charge in [0.15, 0.2) is 0 Å². The molecule has 0 radical (unpaired) electrons. The van der Waals surface area contributed by atoms with Crippen LogP contribution in [0.2, 0.25) is 0 Å². The zero-order valence-electron chi connectivity index (χ0n) is 14.2. The van der Waals surface area contributed by atoms with Gasteiger partial charge in [-0.25, -0.2) is 9.78 Å².